The topological polar surface area (TPSA) is 45.7 Å². The van der Waals surface area contributed by atoms with Gasteiger partial charge >= 0.3 is 0 Å². The lowest BCUT2D eigenvalue weighted by atomic mass is 9.95. The zero-order chi connectivity index (χ0) is 18.4. The monoisotopic (exact) mass is 353 g/mol. The van der Waals surface area contributed by atoms with Crippen molar-refractivity contribution in [3.63, 3.8) is 0 Å². The molecule has 1 aliphatic rings. The van der Waals surface area contributed by atoms with E-state index in [9.17, 15) is 4.79 Å². The molecule has 5 nitrogen and oxygen atoms in total. The van der Waals surface area contributed by atoms with Crippen molar-refractivity contribution in [3.8, 4) is 5.75 Å². The number of aromatic nitrogens is 1. The summed E-state index contributed by atoms with van der Waals surface area (Å²) in [6.45, 7) is 2.90. The fourth-order valence-electron chi connectivity index (χ4n) is 3.51. The largest absolute Gasteiger partial charge is 0.497 e. The number of hydrogen-bond donors (Lipinski definition) is 0. The van der Waals surface area contributed by atoms with Crippen LogP contribution in [0.2, 0.25) is 0 Å². The van der Waals surface area contributed by atoms with Crippen LogP contribution in [-0.4, -0.2) is 49.6 Å². The lowest BCUT2D eigenvalue weighted by molar-refractivity contribution is -0.129. The second-order valence-corrected chi connectivity index (χ2v) is 6.94. The minimum absolute atomic E-state index is 0.162. The Morgan fingerprint density at radius 1 is 1.23 bits per heavy atom. The summed E-state index contributed by atoms with van der Waals surface area (Å²) in [5.74, 6) is 1.52. The molecule has 0 radical (unpaired) electrons. The first-order valence-corrected chi connectivity index (χ1v) is 9.17. The quantitative estimate of drug-likeness (QED) is 0.801. The molecular formula is C21H27N3O2. The molecule has 1 aromatic carbocycles. The van der Waals surface area contributed by atoms with E-state index in [0.717, 1.165) is 43.8 Å². The minimum atomic E-state index is 0.162. The minimum Gasteiger partial charge on any atom is -0.497 e. The van der Waals surface area contributed by atoms with Gasteiger partial charge in [-0.15, -0.1) is 0 Å². The summed E-state index contributed by atoms with van der Waals surface area (Å²) < 4.78 is 5.23. The molecule has 1 aliphatic heterocycles. The van der Waals surface area contributed by atoms with E-state index in [1.165, 1.54) is 5.69 Å². The third-order valence-electron chi connectivity index (χ3n) is 5.09. The maximum Gasteiger partial charge on any atom is 0.226 e. The van der Waals surface area contributed by atoms with Gasteiger partial charge in [0.1, 0.15) is 5.75 Å². The van der Waals surface area contributed by atoms with Crippen LogP contribution in [0.1, 0.15) is 18.4 Å². The molecule has 26 heavy (non-hydrogen) atoms. The molecule has 5 heteroatoms. The van der Waals surface area contributed by atoms with Crippen molar-refractivity contribution in [2.75, 3.05) is 38.7 Å². The number of ether oxygens (including phenoxy) is 1. The van der Waals surface area contributed by atoms with Crippen molar-refractivity contribution >= 4 is 11.6 Å². The molecule has 0 aliphatic carbocycles. The molecule has 0 N–H and O–H groups in total. The standard InChI is InChI=1S/C21H27N3O2/c1-23(21(25)15-18-4-3-5-20(14-18)26-2)16-17-8-12-24(13-9-17)19-6-10-22-11-7-19/h3-7,10-11,14,17H,8-9,12-13,15-16H2,1-2H3. The molecule has 1 saturated heterocycles. The third kappa shape index (κ3) is 4.75. The molecule has 2 heterocycles. The van der Waals surface area contributed by atoms with E-state index >= 15 is 0 Å². The Labute approximate surface area is 155 Å². The van der Waals surface area contributed by atoms with Crippen LogP contribution in [-0.2, 0) is 11.2 Å². The number of hydrogen-bond acceptors (Lipinski definition) is 4. The number of pyridine rings is 1. The van der Waals surface area contributed by atoms with Gasteiger partial charge in [-0.25, -0.2) is 0 Å². The van der Waals surface area contributed by atoms with E-state index in [1.807, 2.05) is 48.6 Å². The Hall–Kier alpha value is -2.56. The van der Waals surface area contributed by atoms with E-state index in [1.54, 1.807) is 7.11 Å². The van der Waals surface area contributed by atoms with Crippen LogP contribution in [0.3, 0.4) is 0 Å². The predicted octanol–water partition coefficient (Wildman–Crippen LogP) is 3.01. The number of methoxy groups -OCH3 is 1. The Morgan fingerprint density at radius 3 is 2.65 bits per heavy atom. The van der Waals surface area contributed by atoms with Crippen LogP contribution in [0.5, 0.6) is 5.75 Å². The van der Waals surface area contributed by atoms with Gasteiger partial charge in [-0.1, -0.05) is 12.1 Å². The number of anilines is 1. The van der Waals surface area contributed by atoms with E-state index in [-0.39, 0.29) is 5.91 Å². The number of amides is 1. The van der Waals surface area contributed by atoms with Gasteiger partial charge in [0, 0.05) is 44.8 Å². The first kappa shape index (κ1) is 18.2. The molecule has 1 amide bonds. The summed E-state index contributed by atoms with van der Waals surface area (Å²) >= 11 is 0. The van der Waals surface area contributed by atoms with Crippen molar-refractivity contribution in [2.45, 2.75) is 19.3 Å². The van der Waals surface area contributed by atoms with Gasteiger partial charge in [0.15, 0.2) is 0 Å². The normalized spacial score (nSPS) is 14.9. The average molecular weight is 353 g/mol. The van der Waals surface area contributed by atoms with Crippen molar-refractivity contribution in [1.29, 1.82) is 0 Å². The van der Waals surface area contributed by atoms with E-state index in [0.29, 0.717) is 12.3 Å². The van der Waals surface area contributed by atoms with Gasteiger partial charge in [-0.3, -0.25) is 9.78 Å². The van der Waals surface area contributed by atoms with E-state index in [4.69, 9.17) is 4.74 Å². The van der Waals surface area contributed by atoms with Crippen LogP contribution in [0, 0.1) is 5.92 Å². The smallest absolute Gasteiger partial charge is 0.226 e. The average Bonchev–Trinajstić information content (AvgIpc) is 2.69. The van der Waals surface area contributed by atoms with Crippen LogP contribution in [0.25, 0.3) is 0 Å². The molecular weight excluding hydrogens is 326 g/mol. The number of benzene rings is 1. The molecule has 0 spiro atoms. The molecule has 138 valence electrons. The summed E-state index contributed by atoms with van der Waals surface area (Å²) in [6.07, 6.45) is 6.32. The second kappa shape index (κ2) is 8.70. The van der Waals surface area contributed by atoms with Crippen molar-refractivity contribution in [1.82, 2.24) is 9.88 Å². The molecule has 0 unspecified atom stereocenters. The van der Waals surface area contributed by atoms with Gasteiger partial charge in [0.2, 0.25) is 5.91 Å². The number of likely N-dealkylation sites (N-methyl/N-ethyl adjacent to an activating group) is 1. The Bertz CT molecular complexity index is 712. The molecule has 1 fully saturated rings. The lowest BCUT2D eigenvalue weighted by Gasteiger charge is -2.35. The molecule has 0 atom stereocenters. The Balaban J connectivity index is 1.47. The highest BCUT2D eigenvalue weighted by atomic mass is 16.5. The second-order valence-electron chi connectivity index (χ2n) is 6.94. The molecule has 0 saturated carbocycles. The van der Waals surface area contributed by atoms with Crippen LogP contribution in [0.15, 0.2) is 48.8 Å². The summed E-state index contributed by atoms with van der Waals surface area (Å²) in [6, 6.07) is 11.8. The summed E-state index contributed by atoms with van der Waals surface area (Å²) in [5, 5.41) is 0. The van der Waals surface area contributed by atoms with Crippen molar-refractivity contribution in [2.24, 2.45) is 5.92 Å². The van der Waals surface area contributed by atoms with Crippen molar-refractivity contribution in [3.05, 3.63) is 54.4 Å². The summed E-state index contributed by atoms with van der Waals surface area (Å²) in [5.41, 5.74) is 2.23. The summed E-state index contributed by atoms with van der Waals surface area (Å²) in [4.78, 5) is 20.9. The number of carbonyl (C=O) groups excluding carboxylic acids is 1. The fourth-order valence-corrected chi connectivity index (χ4v) is 3.51. The number of piperidine rings is 1. The number of nitrogens with zero attached hydrogens (tertiary/aromatic N) is 3. The van der Waals surface area contributed by atoms with Crippen molar-refractivity contribution < 1.29 is 9.53 Å². The van der Waals surface area contributed by atoms with Gasteiger partial charge in [-0.05, 0) is 48.6 Å². The first-order chi connectivity index (χ1) is 12.7. The number of carbonyl (C=O) groups is 1. The predicted molar refractivity (Wildman–Crippen MR) is 104 cm³/mol. The highest BCUT2D eigenvalue weighted by Crippen LogP contribution is 2.23. The first-order valence-electron chi connectivity index (χ1n) is 9.17. The molecule has 2 aromatic rings. The van der Waals surface area contributed by atoms with Gasteiger partial charge < -0.3 is 14.5 Å². The fraction of sp³-hybridized carbons (Fsp3) is 0.429. The maximum absolute atomic E-state index is 12.5. The lowest BCUT2D eigenvalue weighted by Crippen LogP contribution is -2.39. The van der Waals surface area contributed by atoms with E-state index in [2.05, 4.69) is 22.0 Å². The van der Waals surface area contributed by atoms with Gasteiger partial charge in [-0.2, -0.15) is 0 Å². The summed E-state index contributed by atoms with van der Waals surface area (Å²) in [7, 11) is 3.56. The maximum atomic E-state index is 12.5. The molecule has 3 rings (SSSR count). The third-order valence-corrected chi connectivity index (χ3v) is 5.09. The van der Waals surface area contributed by atoms with Gasteiger partial charge in [0.25, 0.3) is 0 Å². The highest BCUT2D eigenvalue weighted by molar-refractivity contribution is 5.78. The number of rotatable bonds is 6. The van der Waals surface area contributed by atoms with Crippen LogP contribution in [0.4, 0.5) is 5.69 Å². The molecule has 0 bridgehead atoms. The Kier molecular flexibility index (Phi) is 6.10. The zero-order valence-electron chi connectivity index (χ0n) is 15.6. The SMILES string of the molecule is COc1cccc(CC(=O)N(C)CC2CCN(c3ccncc3)CC2)c1. The Morgan fingerprint density at radius 2 is 1.96 bits per heavy atom. The highest BCUT2D eigenvalue weighted by Gasteiger charge is 2.22. The molecule has 1 aromatic heterocycles. The van der Waals surface area contributed by atoms with Crippen LogP contribution < -0.4 is 9.64 Å². The van der Waals surface area contributed by atoms with Gasteiger partial charge in [0.05, 0.1) is 13.5 Å². The van der Waals surface area contributed by atoms with Crippen LogP contribution >= 0.6 is 0 Å². The zero-order valence-corrected chi connectivity index (χ0v) is 15.6. The van der Waals surface area contributed by atoms with E-state index < -0.39 is 0 Å².